The quantitative estimate of drug-likeness (QED) is 0.759. The highest BCUT2D eigenvalue weighted by Gasteiger charge is 2.25. The van der Waals surface area contributed by atoms with Gasteiger partial charge in [0, 0.05) is 20.3 Å². The van der Waals surface area contributed by atoms with E-state index in [0.29, 0.717) is 0 Å². The molecule has 1 aromatic carbocycles. The van der Waals surface area contributed by atoms with Crippen molar-refractivity contribution >= 4 is 10.1 Å². The van der Waals surface area contributed by atoms with E-state index >= 15 is 0 Å². The largest absolute Gasteiger partial charge is 0.378 e. The van der Waals surface area contributed by atoms with Gasteiger partial charge in [0.05, 0.1) is 0 Å². The lowest BCUT2D eigenvalue weighted by atomic mass is 9.98. The molecule has 0 N–H and O–H groups in total. The predicted molar refractivity (Wildman–Crippen MR) is 89.9 cm³/mol. The molecule has 0 aliphatic carbocycles. The Morgan fingerprint density at radius 2 is 1.79 bits per heavy atom. The zero-order valence-corrected chi connectivity index (χ0v) is 14.8. The molecular weight excluding hydrogens is 332 g/mol. The molecule has 0 saturated carbocycles. The summed E-state index contributed by atoms with van der Waals surface area (Å²) >= 11 is 0. The number of para-hydroxylation sites is 1. The van der Waals surface area contributed by atoms with Crippen molar-refractivity contribution in [2.75, 3.05) is 0 Å². The molecule has 0 aliphatic rings. The van der Waals surface area contributed by atoms with Gasteiger partial charge in [0.25, 0.3) is 5.56 Å². The molecule has 0 aliphatic heterocycles. The van der Waals surface area contributed by atoms with E-state index in [1.54, 1.807) is 24.3 Å². The molecule has 0 amide bonds. The molecule has 0 radical (unpaired) electrons. The Hall–Kier alpha value is -2.35. The second-order valence-corrected chi connectivity index (χ2v) is 7.15. The maximum atomic E-state index is 12.6. The van der Waals surface area contributed by atoms with Crippen LogP contribution < -0.4 is 15.4 Å². The highest BCUT2D eigenvalue weighted by molar-refractivity contribution is 7.87. The van der Waals surface area contributed by atoms with E-state index in [4.69, 9.17) is 4.18 Å². The molecule has 0 bridgehead atoms. The van der Waals surface area contributed by atoms with Crippen molar-refractivity contribution in [2.24, 2.45) is 14.1 Å². The first-order chi connectivity index (χ1) is 11.2. The van der Waals surface area contributed by atoms with E-state index in [-0.39, 0.29) is 11.7 Å². The molecule has 2 rings (SSSR count). The van der Waals surface area contributed by atoms with Gasteiger partial charge in [-0.2, -0.15) is 8.42 Å². The first kappa shape index (κ1) is 18.0. The summed E-state index contributed by atoms with van der Waals surface area (Å²) in [6.07, 6.45) is 1.79. The van der Waals surface area contributed by atoms with Gasteiger partial charge in [-0.05, 0) is 24.0 Å². The molecule has 1 atom stereocenters. The van der Waals surface area contributed by atoms with E-state index in [1.807, 2.05) is 13.8 Å². The summed E-state index contributed by atoms with van der Waals surface area (Å²) in [7, 11) is -1.78. The maximum Gasteiger partial charge on any atom is 0.346 e. The molecule has 130 valence electrons. The smallest absolute Gasteiger partial charge is 0.346 e. The fourth-order valence-electron chi connectivity index (χ4n) is 2.29. The van der Waals surface area contributed by atoms with Crippen LogP contribution in [0, 0.1) is 0 Å². The molecule has 0 spiro atoms. The van der Waals surface area contributed by atoms with E-state index < -0.39 is 26.3 Å². The van der Waals surface area contributed by atoms with Crippen LogP contribution in [0.25, 0.3) is 0 Å². The predicted octanol–water partition coefficient (Wildman–Crippen LogP) is 1.37. The third kappa shape index (κ3) is 3.28. The Kier molecular flexibility index (Phi) is 4.98. The first-order valence-corrected chi connectivity index (χ1v) is 8.90. The van der Waals surface area contributed by atoms with Crippen molar-refractivity contribution in [3.8, 4) is 5.75 Å². The summed E-state index contributed by atoms with van der Waals surface area (Å²) in [4.78, 5) is 23.3. The molecule has 7 nitrogen and oxygen atoms in total. The van der Waals surface area contributed by atoms with E-state index in [9.17, 15) is 18.0 Å². The van der Waals surface area contributed by atoms with Gasteiger partial charge in [-0.15, -0.1) is 0 Å². The van der Waals surface area contributed by atoms with Crippen molar-refractivity contribution in [3.63, 3.8) is 0 Å². The zero-order chi connectivity index (χ0) is 18.1. The summed E-state index contributed by atoms with van der Waals surface area (Å²) in [5.74, 6) is 0.280. The molecule has 2 aromatic rings. The molecule has 1 aromatic heterocycles. The topological polar surface area (TPSA) is 87.4 Å². The van der Waals surface area contributed by atoms with Gasteiger partial charge < -0.3 is 8.75 Å². The highest BCUT2D eigenvalue weighted by atomic mass is 32.2. The Labute approximate surface area is 140 Å². The summed E-state index contributed by atoms with van der Waals surface area (Å²) in [5.41, 5.74) is -0.789. The molecular formula is C16H20N2O5S. The third-order valence-corrected chi connectivity index (χ3v) is 5.16. The average Bonchev–Trinajstić information content (AvgIpc) is 2.55. The minimum atomic E-state index is -4.36. The van der Waals surface area contributed by atoms with E-state index in [0.717, 1.165) is 27.3 Å². The van der Waals surface area contributed by atoms with Crippen LogP contribution in [0.3, 0.4) is 0 Å². The number of aryl methyl sites for hydroxylation is 1. The summed E-state index contributed by atoms with van der Waals surface area (Å²) in [5, 5.41) is 0. The van der Waals surface area contributed by atoms with Gasteiger partial charge in [0.2, 0.25) is 0 Å². The van der Waals surface area contributed by atoms with Gasteiger partial charge in [-0.25, -0.2) is 4.79 Å². The molecule has 24 heavy (non-hydrogen) atoms. The number of aromatic nitrogens is 2. The van der Waals surface area contributed by atoms with Crippen LogP contribution in [0.4, 0.5) is 0 Å². The number of nitrogens with zero attached hydrogens (tertiary/aromatic N) is 2. The van der Waals surface area contributed by atoms with Crippen LogP contribution in [0.15, 0.2) is 44.9 Å². The van der Waals surface area contributed by atoms with Crippen LogP contribution in [0.2, 0.25) is 0 Å². The van der Waals surface area contributed by atoms with Crippen LogP contribution in [-0.4, -0.2) is 17.6 Å². The standard InChI is InChI=1S/C16H20N2O5S/c1-5-11(2)12-8-6-7-9-13(12)23-24(21,22)14-10-17(3)16(20)18(4)15(14)19/h6-11H,5H2,1-4H3/t11-/m1/s1. The maximum absolute atomic E-state index is 12.6. The Morgan fingerprint density at radius 3 is 2.42 bits per heavy atom. The van der Waals surface area contributed by atoms with Crippen LogP contribution in [-0.2, 0) is 24.2 Å². The van der Waals surface area contributed by atoms with Crippen molar-refractivity contribution in [1.82, 2.24) is 9.13 Å². The summed E-state index contributed by atoms with van der Waals surface area (Å²) in [6, 6.07) is 6.80. The zero-order valence-electron chi connectivity index (χ0n) is 14.0. The van der Waals surface area contributed by atoms with Gasteiger partial charge in [0.15, 0.2) is 4.90 Å². The van der Waals surface area contributed by atoms with Crippen molar-refractivity contribution in [3.05, 3.63) is 56.9 Å². The lowest BCUT2D eigenvalue weighted by Gasteiger charge is -2.15. The highest BCUT2D eigenvalue weighted by Crippen LogP contribution is 2.30. The molecule has 8 heteroatoms. The fourth-order valence-corrected chi connectivity index (χ4v) is 3.41. The summed E-state index contributed by atoms with van der Waals surface area (Å²) < 4.78 is 32.1. The molecule has 1 heterocycles. The SMILES string of the molecule is CC[C@@H](C)c1ccccc1OS(=O)(=O)c1cn(C)c(=O)n(C)c1=O. The van der Waals surface area contributed by atoms with E-state index in [1.165, 1.54) is 14.1 Å². The van der Waals surface area contributed by atoms with Gasteiger partial charge >= 0.3 is 15.8 Å². The van der Waals surface area contributed by atoms with Crippen LogP contribution in [0.5, 0.6) is 5.75 Å². The Balaban J connectivity index is 2.56. The fraction of sp³-hybridized carbons (Fsp3) is 0.375. The Bertz CT molecular complexity index is 973. The third-order valence-electron chi connectivity index (χ3n) is 3.95. The second-order valence-electron chi connectivity index (χ2n) is 5.64. The average molecular weight is 352 g/mol. The molecule has 0 unspecified atom stereocenters. The minimum absolute atomic E-state index is 0.0966. The molecule has 0 fully saturated rings. The lowest BCUT2D eigenvalue weighted by molar-refractivity contribution is 0.474. The van der Waals surface area contributed by atoms with Crippen molar-refractivity contribution < 1.29 is 12.6 Å². The second kappa shape index (κ2) is 6.64. The minimum Gasteiger partial charge on any atom is -0.378 e. The number of hydrogen-bond acceptors (Lipinski definition) is 5. The van der Waals surface area contributed by atoms with E-state index in [2.05, 4.69) is 0 Å². The van der Waals surface area contributed by atoms with Crippen LogP contribution >= 0.6 is 0 Å². The van der Waals surface area contributed by atoms with Gasteiger partial charge in [0.1, 0.15) is 5.75 Å². The lowest BCUT2D eigenvalue weighted by Crippen LogP contribution is -2.39. The summed E-state index contributed by atoms with van der Waals surface area (Å²) in [6.45, 7) is 3.94. The Morgan fingerprint density at radius 1 is 1.17 bits per heavy atom. The first-order valence-electron chi connectivity index (χ1n) is 7.49. The normalized spacial score (nSPS) is 12.8. The number of benzene rings is 1. The number of hydrogen-bond donors (Lipinski definition) is 0. The number of rotatable bonds is 5. The monoisotopic (exact) mass is 352 g/mol. The van der Waals surface area contributed by atoms with Crippen molar-refractivity contribution in [1.29, 1.82) is 0 Å². The van der Waals surface area contributed by atoms with Crippen molar-refractivity contribution in [2.45, 2.75) is 31.1 Å². The van der Waals surface area contributed by atoms with Crippen LogP contribution in [0.1, 0.15) is 31.7 Å². The van der Waals surface area contributed by atoms with Gasteiger partial charge in [-0.3, -0.25) is 9.36 Å². The van der Waals surface area contributed by atoms with Gasteiger partial charge in [-0.1, -0.05) is 32.0 Å². The molecule has 0 saturated heterocycles.